The van der Waals surface area contributed by atoms with Gasteiger partial charge in [0, 0.05) is 27.3 Å². The molecule has 11 heteroatoms. The number of esters is 1. The summed E-state index contributed by atoms with van der Waals surface area (Å²) >= 11 is 25.6. The van der Waals surface area contributed by atoms with Gasteiger partial charge in [0.1, 0.15) is 11.5 Å². The van der Waals surface area contributed by atoms with Crippen molar-refractivity contribution in [2.75, 3.05) is 0 Å². The molecule has 7 nitrogen and oxygen atoms in total. The van der Waals surface area contributed by atoms with Gasteiger partial charge in [-0.2, -0.15) is 15.8 Å². The lowest BCUT2D eigenvalue weighted by atomic mass is 9.76. The van der Waals surface area contributed by atoms with Crippen molar-refractivity contribution >= 4 is 52.4 Å². The van der Waals surface area contributed by atoms with E-state index >= 15 is 0 Å². The maximum absolute atomic E-state index is 13.1. The number of carbonyl (C=O) groups excluding carboxylic acids is 1. The van der Waals surface area contributed by atoms with E-state index < -0.39 is 23.5 Å². The number of carbonyl (C=O) groups is 1. The average Bonchev–Trinajstić information content (AvgIpc) is 3.14. The minimum absolute atomic E-state index is 0.0723. The third kappa shape index (κ3) is 3.49. The molecule has 0 amide bonds. The Kier molecular flexibility index (Phi) is 5.92. The Labute approximate surface area is 230 Å². The lowest BCUT2D eigenvalue weighted by Gasteiger charge is -2.37. The van der Waals surface area contributed by atoms with Gasteiger partial charge < -0.3 is 9.47 Å². The quantitative estimate of drug-likeness (QED) is 0.235. The highest BCUT2D eigenvalue weighted by Crippen LogP contribution is 2.58. The van der Waals surface area contributed by atoms with Gasteiger partial charge in [0.2, 0.25) is 0 Å². The van der Waals surface area contributed by atoms with Crippen molar-refractivity contribution in [2.24, 2.45) is 0 Å². The molecule has 3 aromatic rings. The third-order valence-electron chi connectivity index (χ3n) is 6.20. The van der Waals surface area contributed by atoms with Gasteiger partial charge in [-0.15, -0.1) is 0 Å². The standard InChI is InChI=1S/C26H8Cl4N4O3/c1-34-22(10-33)14-4-24-17(7-19(14)28)26(15-5-21(30)20(29)2-13(15)25(35)37-26)16-6-18(27)12(3-23(16)36-24)11(8-31)9-32/h2-7,11,22H. The Balaban J connectivity index is 1.90. The van der Waals surface area contributed by atoms with E-state index in [0.29, 0.717) is 16.7 Å². The van der Waals surface area contributed by atoms with Gasteiger partial charge in [-0.25, -0.2) is 11.4 Å². The number of fused-ring (bicyclic) bond motifs is 6. The predicted octanol–water partition coefficient (Wildman–Crippen LogP) is 7.48. The molecule has 0 bridgehead atoms. The summed E-state index contributed by atoms with van der Waals surface area (Å²) in [5.41, 5.74) is -0.199. The van der Waals surface area contributed by atoms with E-state index in [1.165, 1.54) is 36.4 Å². The van der Waals surface area contributed by atoms with Crippen LogP contribution in [0.2, 0.25) is 20.1 Å². The Bertz CT molecular complexity index is 1610. The number of benzene rings is 3. The zero-order chi connectivity index (χ0) is 26.6. The van der Waals surface area contributed by atoms with Crippen LogP contribution in [0.25, 0.3) is 4.85 Å². The van der Waals surface area contributed by atoms with Crippen molar-refractivity contribution in [3.8, 4) is 29.7 Å². The van der Waals surface area contributed by atoms with E-state index in [2.05, 4.69) is 4.85 Å². The molecule has 0 radical (unpaired) electrons. The molecule has 2 atom stereocenters. The second-order valence-corrected chi connectivity index (χ2v) is 9.71. The summed E-state index contributed by atoms with van der Waals surface area (Å²) < 4.78 is 12.2. The van der Waals surface area contributed by atoms with Gasteiger partial charge in [0.05, 0.1) is 38.3 Å². The van der Waals surface area contributed by atoms with E-state index in [1.54, 1.807) is 0 Å². The van der Waals surface area contributed by atoms with Crippen LogP contribution in [-0.2, 0) is 10.3 Å². The Morgan fingerprint density at radius 3 is 1.89 bits per heavy atom. The third-order valence-corrected chi connectivity index (χ3v) is 7.57. The molecular weight excluding hydrogens is 558 g/mol. The van der Waals surface area contributed by atoms with E-state index in [9.17, 15) is 20.6 Å². The van der Waals surface area contributed by atoms with Crippen molar-refractivity contribution in [1.82, 2.24) is 0 Å². The summed E-state index contributed by atoms with van der Waals surface area (Å²) in [6, 6.07) is 13.1. The van der Waals surface area contributed by atoms with Gasteiger partial charge in [0.25, 0.3) is 0 Å². The summed E-state index contributed by atoms with van der Waals surface area (Å²) in [6.45, 7) is 7.35. The van der Waals surface area contributed by atoms with E-state index in [0.717, 1.165) is 0 Å². The van der Waals surface area contributed by atoms with Gasteiger partial charge >= 0.3 is 12.0 Å². The fourth-order valence-electron chi connectivity index (χ4n) is 4.54. The molecule has 5 rings (SSSR count). The van der Waals surface area contributed by atoms with E-state index in [1.807, 2.05) is 18.2 Å². The molecule has 0 saturated carbocycles. The lowest BCUT2D eigenvalue weighted by Crippen LogP contribution is -2.33. The van der Waals surface area contributed by atoms with Gasteiger partial charge in [-0.1, -0.05) is 46.4 Å². The minimum Gasteiger partial charge on any atom is -0.456 e. The second-order valence-electron chi connectivity index (χ2n) is 8.08. The molecule has 2 unspecified atom stereocenters. The topological polar surface area (TPSA) is 111 Å². The molecule has 0 N–H and O–H groups in total. The maximum Gasteiger partial charge on any atom is 0.340 e. The van der Waals surface area contributed by atoms with Crippen molar-refractivity contribution in [3.63, 3.8) is 0 Å². The highest BCUT2D eigenvalue weighted by atomic mass is 35.5. The van der Waals surface area contributed by atoms with Crippen LogP contribution >= 0.6 is 46.4 Å². The number of hydrogen-bond acceptors (Lipinski definition) is 6. The van der Waals surface area contributed by atoms with E-state index in [-0.39, 0.29) is 48.3 Å². The number of ether oxygens (including phenoxy) is 2. The molecule has 178 valence electrons. The molecule has 0 fully saturated rings. The first-order chi connectivity index (χ1) is 17.7. The summed E-state index contributed by atoms with van der Waals surface area (Å²) in [5.74, 6) is -1.62. The molecular formula is C26H8Cl4N4O3. The summed E-state index contributed by atoms with van der Waals surface area (Å²) in [7, 11) is 0. The molecule has 2 aliphatic rings. The van der Waals surface area contributed by atoms with E-state index in [4.69, 9.17) is 62.4 Å². The van der Waals surface area contributed by atoms with Crippen molar-refractivity contribution in [2.45, 2.75) is 17.6 Å². The smallest absolute Gasteiger partial charge is 0.340 e. The molecule has 37 heavy (non-hydrogen) atoms. The Morgan fingerprint density at radius 2 is 1.32 bits per heavy atom. The van der Waals surface area contributed by atoms with Crippen LogP contribution < -0.4 is 4.74 Å². The largest absolute Gasteiger partial charge is 0.456 e. The Hall–Kier alpha value is -3.95. The first-order valence-electron chi connectivity index (χ1n) is 10.3. The summed E-state index contributed by atoms with van der Waals surface area (Å²) in [5, 5.41) is 28.8. The molecule has 2 heterocycles. The monoisotopic (exact) mass is 564 g/mol. The number of hydrogen-bond donors (Lipinski definition) is 0. The maximum atomic E-state index is 13.1. The van der Waals surface area contributed by atoms with Crippen LogP contribution in [0, 0.1) is 40.6 Å². The van der Waals surface area contributed by atoms with Gasteiger partial charge in [-0.3, -0.25) is 4.85 Å². The molecule has 1 spiro atoms. The van der Waals surface area contributed by atoms with Crippen molar-refractivity contribution < 1.29 is 14.3 Å². The zero-order valence-electron chi connectivity index (χ0n) is 18.1. The number of rotatable bonds is 2. The van der Waals surface area contributed by atoms with Gasteiger partial charge in [0.15, 0.2) is 17.6 Å². The normalized spacial score (nSPS) is 17.3. The molecule has 2 aliphatic heterocycles. The zero-order valence-corrected chi connectivity index (χ0v) is 21.2. The molecule has 3 aromatic carbocycles. The average molecular weight is 566 g/mol. The number of nitriles is 3. The first-order valence-corrected chi connectivity index (χ1v) is 11.8. The second kappa shape index (κ2) is 8.86. The van der Waals surface area contributed by atoms with Crippen molar-refractivity contribution in [1.29, 1.82) is 15.8 Å². The Morgan fingerprint density at radius 1 is 0.784 bits per heavy atom. The molecule has 0 aromatic heterocycles. The fourth-order valence-corrected chi connectivity index (χ4v) is 5.41. The molecule has 0 aliphatic carbocycles. The van der Waals surface area contributed by atoms with Crippen molar-refractivity contribution in [3.05, 3.63) is 101 Å². The predicted molar refractivity (Wildman–Crippen MR) is 134 cm³/mol. The van der Waals surface area contributed by atoms with Crippen LogP contribution in [0.15, 0.2) is 36.4 Å². The number of halogens is 4. The van der Waals surface area contributed by atoms with Crippen LogP contribution in [0.5, 0.6) is 11.5 Å². The van der Waals surface area contributed by atoms with Crippen LogP contribution in [0.1, 0.15) is 50.1 Å². The van der Waals surface area contributed by atoms with Crippen LogP contribution in [0.4, 0.5) is 0 Å². The minimum atomic E-state index is -1.65. The fraction of sp³-hybridized carbons (Fsp3) is 0.115. The lowest BCUT2D eigenvalue weighted by molar-refractivity contribution is 0.0224. The SMILES string of the molecule is [C-]#[N+]C(C#N)c1cc2c(cc1Cl)C1(OC(=O)c3cc(Cl)c(Cl)cc31)c1cc(Cl)c(C(C#N)C#N)cc1O2. The summed E-state index contributed by atoms with van der Waals surface area (Å²) in [6.07, 6.45) is 0. The van der Waals surface area contributed by atoms with Crippen LogP contribution in [0.3, 0.4) is 0 Å². The highest BCUT2D eigenvalue weighted by Gasteiger charge is 2.54. The summed E-state index contributed by atoms with van der Waals surface area (Å²) in [4.78, 5) is 16.4. The highest BCUT2D eigenvalue weighted by molar-refractivity contribution is 6.42. The first kappa shape index (κ1) is 24.7. The molecule has 0 saturated heterocycles. The number of nitrogens with zero attached hydrogens (tertiary/aromatic N) is 4. The van der Waals surface area contributed by atoms with Crippen LogP contribution in [-0.4, -0.2) is 5.97 Å². The van der Waals surface area contributed by atoms with Gasteiger partial charge in [-0.05, 0) is 36.4 Å².